The van der Waals surface area contributed by atoms with Crippen molar-refractivity contribution in [3.05, 3.63) is 119 Å². The van der Waals surface area contributed by atoms with Crippen molar-refractivity contribution in [3.63, 3.8) is 0 Å². The normalized spacial score (nSPS) is 11.6. The number of nitrogens with two attached hydrogens (primary N) is 1. The van der Waals surface area contributed by atoms with Crippen LogP contribution in [-0.2, 0) is 29.1 Å². The zero-order chi connectivity index (χ0) is 26.2. The van der Waals surface area contributed by atoms with Gasteiger partial charge in [0.25, 0.3) is 11.8 Å². The van der Waals surface area contributed by atoms with E-state index in [0.717, 1.165) is 17.7 Å². The zero-order valence-corrected chi connectivity index (χ0v) is 20.6. The molecule has 3 aromatic carbocycles. The molecule has 37 heavy (non-hydrogen) atoms. The quantitative estimate of drug-likeness (QED) is 0.277. The molecule has 2 amide bonds. The Morgan fingerprint density at radius 2 is 1.41 bits per heavy atom. The van der Waals surface area contributed by atoms with Crippen LogP contribution >= 0.6 is 0 Å². The first-order chi connectivity index (χ1) is 17.9. The number of Topliss-reactive ketones (excluding diaryl/α,β-unsaturated/α-hetero) is 1. The van der Waals surface area contributed by atoms with E-state index >= 15 is 0 Å². The number of nitrogens with one attached hydrogen (secondary N) is 2. The Bertz CT molecular complexity index is 1370. The van der Waals surface area contributed by atoms with Gasteiger partial charge in [-0.15, -0.1) is 0 Å². The average molecular weight is 496 g/mol. The Morgan fingerprint density at radius 1 is 0.838 bits per heavy atom. The van der Waals surface area contributed by atoms with Gasteiger partial charge < -0.3 is 16.4 Å². The highest BCUT2D eigenvalue weighted by Gasteiger charge is 2.27. The van der Waals surface area contributed by atoms with E-state index < -0.39 is 23.6 Å². The Morgan fingerprint density at radius 3 is 2.00 bits per heavy atom. The fourth-order valence-electron chi connectivity index (χ4n) is 4.02. The number of hydrogen-bond donors (Lipinski definition) is 3. The molecule has 0 saturated carbocycles. The van der Waals surface area contributed by atoms with Gasteiger partial charge in [-0.25, -0.2) is 4.68 Å². The molecule has 0 spiro atoms. The second-order valence-electron chi connectivity index (χ2n) is 8.78. The van der Waals surface area contributed by atoms with E-state index in [1.807, 2.05) is 72.8 Å². The van der Waals surface area contributed by atoms with Gasteiger partial charge in [0.05, 0.1) is 11.4 Å². The van der Waals surface area contributed by atoms with Crippen LogP contribution in [0.15, 0.2) is 91.0 Å². The molecule has 188 valence electrons. The number of aromatic nitrogens is 2. The predicted molar refractivity (Wildman–Crippen MR) is 141 cm³/mol. The van der Waals surface area contributed by atoms with Crippen LogP contribution in [0, 0.1) is 6.92 Å². The zero-order valence-electron chi connectivity index (χ0n) is 20.6. The van der Waals surface area contributed by atoms with Gasteiger partial charge in [0.15, 0.2) is 0 Å². The summed E-state index contributed by atoms with van der Waals surface area (Å²) in [6.07, 6.45) is 0.145. The third-order valence-electron chi connectivity index (χ3n) is 5.89. The molecule has 0 radical (unpaired) electrons. The first kappa shape index (κ1) is 25.5. The average Bonchev–Trinajstić information content (AvgIpc) is 3.31. The molecule has 8 heteroatoms. The van der Waals surface area contributed by atoms with Crippen molar-refractivity contribution in [1.29, 1.82) is 0 Å². The maximum Gasteiger partial charge on any atom is 0.287 e. The van der Waals surface area contributed by atoms with Gasteiger partial charge in [0, 0.05) is 19.5 Å². The molecule has 1 heterocycles. The van der Waals surface area contributed by atoms with Crippen molar-refractivity contribution in [2.24, 2.45) is 5.73 Å². The van der Waals surface area contributed by atoms with Crippen molar-refractivity contribution >= 4 is 17.6 Å². The lowest BCUT2D eigenvalue weighted by atomic mass is 10.0. The minimum atomic E-state index is -1.10. The lowest BCUT2D eigenvalue weighted by Crippen LogP contribution is -2.47. The number of primary amides is 1. The number of rotatable bonds is 11. The summed E-state index contributed by atoms with van der Waals surface area (Å²) in [5.74, 6) is -2.47. The van der Waals surface area contributed by atoms with Crippen LogP contribution in [-0.4, -0.2) is 33.4 Å². The minimum absolute atomic E-state index is 0.145. The molecule has 0 aliphatic rings. The number of ketones is 1. The van der Waals surface area contributed by atoms with Gasteiger partial charge >= 0.3 is 0 Å². The number of nitrogens with zero attached hydrogens (tertiary/aromatic N) is 2. The third kappa shape index (κ3) is 6.77. The van der Waals surface area contributed by atoms with E-state index in [2.05, 4.69) is 27.9 Å². The van der Waals surface area contributed by atoms with Crippen molar-refractivity contribution in [2.45, 2.75) is 32.5 Å². The SMILES string of the molecule is Cc1cc(C(=O)N[C@@H](Cc2ccccc2)C(=O)C(N)=O)n(-c2ccc(CNCc3ccccc3)cc2)n1. The molecule has 0 aliphatic carbocycles. The molecule has 1 atom stereocenters. The molecular weight excluding hydrogens is 466 g/mol. The molecular formula is C29H29N5O3. The van der Waals surface area contributed by atoms with Gasteiger partial charge in [-0.3, -0.25) is 14.4 Å². The van der Waals surface area contributed by atoms with Gasteiger partial charge in [-0.2, -0.15) is 5.10 Å². The third-order valence-corrected chi connectivity index (χ3v) is 5.89. The monoisotopic (exact) mass is 495 g/mol. The second kappa shape index (κ2) is 11.9. The second-order valence-corrected chi connectivity index (χ2v) is 8.78. The highest BCUT2D eigenvalue weighted by atomic mass is 16.2. The first-order valence-corrected chi connectivity index (χ1v) is 12.0. The molecule has 1 aromatic heterocycles. The number of carbonyl (C=O) groups excluding carboxylic acids is 3. The maximum absolute atomic E-state index is 13.2. The summed E-state index contributed by atoms with van der Waals surface area (Å²) in [4.78, 5) is 37.3. The van der Waals surface area contributed by atoms with E-state index in [9.17, 15) is 14.4 Å². The van der Waals surface area contributed by atoms with Crippen LogP contribution in [0.1, 0.15) is 32.9 Å². The topological polar surface area (TPSA) is 119 Å². The first-order valence-electron chi connectivity index (χ1n) is 12.0. The molecule has 0 aliphatic heterocycles. The molecule has 0 unspecified atom stereocenters. The van der Waals surface area contributed by atoms with Gasteiger partial charge in [-0.05, 0) is 41.8 Å². The largest absolute Gasteiger partial charge is 0.363 e. The molecule has 0 bridgehead atoms. The molecule has 8 nitrogen and oxygen atoms in total. The van der Waals surface area contributed by atoms with Gasteiger partial charge in [-0.1, -0.05) is 72.8 Å². The van der Waals surface area contributed by atoms with E-state index in [-0.39, 0.29) is 12.1 Å². The van der Waals surface area contributed by atoms with Crippen LogP contribution in [0.2, 0.25) is 0 Å². The fraction of sp³-hybridized carbons (Fsp3) is 0.172. The number of carbonyl (C=O) groups is 3. The number of aryl methyl sites for hydroxylation is 1. The van der Waals surface area contributed by atoms with Crippen LogP contribution in [0.5, 0.6) is 0 Å². The van der Waals surface area contributed by atoms with Gasteiger partial charge in [0.2, 0.25) is 5.78 Å². The summed E-state index contributed by atoms with van der Waals surface area (Å²) >= 11 is 0. The van der Waals surface area contributed by atoms with E-state index in [4.69, 9.17) is 5.73 Å². The Hall–Kier alpha value is -4.56. The predicted octanol–water partition coefficient (Wildman–Crippen LogP) is 2.87. The Kier molecular flexibility index (Phi) is 8.22. The molecule has 4 aromatic rings. The molecule has 0 saturated heterocycles. The summed E-state index contributed by atoms with van der Waals surface area (Å²) in [7, 11) is 0. The summed E-state index contributed by atoms with van der Waals surface area (Å²) in [6.45, 7) is 3.24. The van der Waals surface area contributed by atoms with Crippen LogP contribution in [0.3, 0.4) is 0 Å². The number of amides is 2. The Labute approximate surface area is 215 Å². The van der Waals surface area contributed by atoms with Crippen molar-refractivity contribution in [3.8, 4) is 5.69 Å². The van der Waals surface area contributed by atoms with Crippen molar-refractivity contribution < 1.29 is 14.4 Å². The summed E-state index contributed by atoms with van der Waals surface area (Å²) in [6, 6.07) is 27.6. The lowest BCUT2D eigenvalue weighted by molar-refractivity contribution is -0.137. The maximum atomic E-state index is 13.2. The van der Waals surface area contributed by atoms with Crippen LogP contribution in [0.4, 0.5) is 0 Å². The van der Waals surface area contributed by atoms with Crippen LogP contribution < -0.4 is 16.4 Å². The number of benzene rings is 3. The minimum Gasteiger partial charge on any atom is -0.363 e. The molecule has 4 N–H and O–H groups in total. The Balaban J connectivity index is 1.47. The number of hydrogen-bond acceptors (Lipinski definition) is 5. The summed E-state index contributed by atoms with van der Waals surface area (Å²) in [5, 5.41) is 10.6. The van der Waals surface area contributed by atoms with E-state index in [1.165, 1.54) is 10.2 Å². The summed E-state index contributed by atoms with van der Waals surface area (Å²) < 4.78 is 1.53. The smallest absolute Gasteiger partial charge is 0.287 e. The van der Waals surface area contributed by atoms with Crippen LogP contribution in [0.25, 0.3) is 5.69 Å². The molecule has 4 rings (SSSR count). The van der Waals surface area contributed by atoms with Gasteiger partial charge in [0.1, 0.15) is 11.7 Å². The van der Waals surface area contributed by atoms with E-state index in [1.54, 1.807) is 13.0 Å². The molecule has 0 fully saturated rings. The lowest BCUT2D eigenvalue weighted by Gasteiger charge is -2.17. The van der Waals surface area contributed by atoms with Crippen molar-refractivity contribution in [2.75, 3.05) is 0 Å². The van der Waals surface area contributed by atoms with E-state index in [0.29, 0.717) is 17.9 Å². The fourth-order valence-corrected chi connectivity index (χ4v) is 4.02. The standard InChI is InChI=1S/C29H29N5O3/c1-20-16-26(29(37)32-25(27(35)28(30)36)17-21-8-4-2-5-9-21)34(33-20)24-14-12-23(13-15-24)19-31-18-22-10-6-3-7-11-22/h2-16,25,31H,17-19H2,1H3,(H2,30,36)(H,32,37)/t25-/m0/s1. The highest BCUT2D eigenvalue weighted by Crippen LogP contribution is 2.15. The summed E-state index contributed by atoms with van der Waals surface area (Å²) in [5.41, 5.74) is 9.93. The van der Waals surface area contributed by atoms with Crippen molar-refractivity contribution in [1.82, 2.24) is 20.4 Å². The highest BCUT2D eigenvalue weighted by molar-refractivity contribution is 6.38.